The van der Waals surface area contributed by atoms with Crippen LogP contribution in [0.5, 0.6) is 5.75 Å². The number of aromatic nitrogens is 1. The van der Waals surface area contributed by atoms with Crippen LogP contribution in [0.3, 0.4) is 0 Å². The van der Waals surface area contributed by atoms with Crippen LogP contribution >= 0.6 is 11.3 Å². The van der Waals surface area contributed by atoms with E-state index in [2.05, 4.69) is 4.98 Å². The van der Waals surface area contributed by atoms with Crippen molar-refractivity contribution in [2.24, 2.45) is 0 Å². The van der Waals surface area contributed by atoms with Gasteiger partial charge in [-0.15, -0.1) is 11.3 Å². The highest BCUT2D eigenvalue weighted by molar-refractivity contribution is 7.13. The SMILES string of the molecule is Cc1ccccc1OCCc1ncc(C(=O)O)s1. The second kappa shape index (κ2) is 5.64. The fraction of sp³-hybridized carbons (Fsp3) is 0.231. The van der Waals surface area contributed by atoms with Gasteiger partial charge in [-0.3, -0.25) is 0 Å². The average molecular weight is 263 g/mol. The molecular weight excluding hydrogens is 250 g/mol. The van der Waals surface area contributed by atoms with Gasteiger partial charge in [-0.25, -0.2) is 9.78 Å². The molecular formula is C13H13NO3S. The molecule has 0 spiro atoms. The van der Waals surface area contributed by atoms with Gasteiger partial charge in [0.15, 0.2) is 0 Å². The van der Waals surface area contributed by atoms with Crippen LogP contribution in [-0.4, -0.2) is 22.7 Å². The summed E-state index contributed by atoms with van der Waals surface area (Å²) in [4.78, 5) is 15.0. The molecule has 1 N–H and O–H groups in total. The maximum atomic E-state index is 10.7. The van der Waals surface area contributed by atoms with Crippen molar-refractivity contribution in [3.05, 3.63) is 45.9 Å². The molecule has 0 saturated heterocycles. The number of thiazole rings is 1. The summed E-state index contributed by atoms with van der Waals surface area (Å²) >= 11 is 1.19. The summed E-state index contributed by atoms with van der Waals surface area (Å²) in [5.74, 6) is -0.0777. The molecule has 94 valence electrons. The number of aromatic carboxylic acids is 1. The molecule has 2 rings (SSSR count). The van der Waals surface area contributed by atoms with Crippen molar-refractivity contribution in [3.63, 3.8) is 0 Å². The number of carbonyl (C=O) groups is 1. The van der Waals surface area contributed by atoms with Crippen molar-refractivity contribution in [3.8, 4) is 5.75 Å². The van der Waals surface area contributed by atoms with Crippen LogP contribution in [0.1, 0.15) is 20.2 Å². The minimum atomic E-state index is -0.932. The zero-order valence-corrected chi connectivity index (χ0v) is 10.7. The lowest BCUT2D eigenvalue weighted by Crippen LogP contribution is -2.01. The van der Waals surface area contributed by atoms with Gasteiger partial charge in [0.05, 0.1) is 17.8 Å². The quantitative estimate of drug-likeness (QED) is 0.901. The van der Waals surface area contributed by atoms with Gasteiger partial charge >= 0.3 is 5.97 Å². The molecule has 0 fully saturated rings. The standard InChI is InChI=1S/C13H13NO3S/c1-9-4-2-3-5-10(9)17-7-6-12-14-8-11(18-12)13(15)16/h2-5,8H,6-7H2,1H3,(H,15,16). The summed E-state index contributed by atoms with van der Waals surface area (Å²) in [5, 5.41) is 9.56. The summed E-state index contributed by atoms with van der Waals surface area (Å²) in [6, 6.07) is 7.79. The van der Waals surface area contributed by atoms with E-state index < -0.39 is 5.97 Å². The van der Waals surface area contributed by atoms with Crippen LogP contribution in [0.15, 0.2) is 30.5 Å². The number of benzene rings is 1. The van der Waals surface area contributed by atoms with Crippen molar-refractivity contribution < 1.29 is 14.6 Å². The smallest absolute Gasteiger partial charge is 0.347 e. The van der Waals surface area contributed by atoms with Crippen LogP contribution in [-0.2, 0) is 6.42 Å². The highest BCUT2D eigenvalue weighted by atomic mass is 32.1. The molecule has 0 atom stereocenters. The van der Waals surface area contributed by atoms with Crippen LogP contribution in [0, 0.1) is 6.92 Å². The fourth-order valence-corrected chi connectivity index (χ4v) is 2.23. The zero-order valence-electron chi connectivity index (χ0n) is 9.92. The molecule has 0 aliphatic heterocycles. The minimum Gasteiger partial charge on any atom is -0.493 e. The van der Waals surface area contributed by atoms with E-state index in [1.807, 2.05) is 31.2 Å². The maximum absolute atomic E-state index is 10.7. The van der Waals surface area contributed by atoms with Gasteiger partial charge in [-0.2, -0.15) is 0 Å². The zero-order chi connectivity index (χ0) is 13.0. The number of carboxylic acid groups (broad SMARTS) is 1. The average Bonchev–Trinajstić information content (AvgIpc) is 2.80. The van der Waals surface area contributed by atoms with E-state index in [0.717, 1.165) is 16.3 Å². The number of rotatable bonds is 5. The Morgan fingerprint density at radius 2 is 2.22 bits per heavy atom. The molecule has 5 heteroatoms. The number of aryl methyl sites for hydroxylation is 1. The Kier molecular flexibility index (Phi) is 3.94. The second-order valence-electron chi connectivity index (χ2n) is 3.79. The number of carboxylic acids is 1. The lowest BCUT2D eigenvalue weighted by atomic mass is 10.2. The number of hydrogen-bond acceptors (Lipinski definition) is 4. The highest BCUT2D eigenvalue weighted by Crippen LogP contribution is 2.17. The molecule has 1 heterocycles. The largest absolute Gasteiger partial charge is 0.493 e. The predicted octanol–water partition coefficient (Wildman–Crippen LogP) is 2.77. The van der Waals surface area contributed by atoms with Gasteiger partial charge in [-0.05, 0) is 18.6 Å². The van der Waals surface area contributed by atoms with Gasteiger partial charge in [0.1, 0.15) is 10.6 Å². The Hall–Kier alpha value is -1.88. The van der Waals surface area contributed by atoms with E-state index in [9.17, 15) is 4.79 Å². The van der Waals surface area contributed by atoms with E-state index in [-0.39, 0.29) is 4.88 Å². The molecule has 1 aromatic heterocycles. The molecule has 0 radical (unpaired) electrons. The van der Waals surface area contributed by atoms with Crippen LogP contribution < -0.4 is 4.74 Å². The first-order valence-corrected chi connectivity index (χ1v) is 6.35. The highest BCUT2D eigenvalue weighted by Gasteiger charge is 2.08. The Labute approximate surface area is 109 Å². The van der Waals surface area contributed by atoms with E-state index in [4.69, 9.17) is 9.84 Å². The third-order valence-electron chi connectivity index (χ3n) is 2.43. The Morgan fingerprint density at radius 1 is 1.44 bits per heavy atom. The monoisotopic (exact) mass is 263 g/mol. The summed E-state index contributed by atoms with van der Waals surface area (Å²) in [6.45, 7) is 2.48. The maximum Gasteiger partial charge on any atom is 0.347 e. The molecule has 1 aromatic carbocycles. The topological polar surface area (TPSA) is 59.4 Å². The molecule has 0 aliphatic carbocycles. The third kappa shape index (κ3) is 3.07. The number of hydrogen-bond donors (Lipinski definition) is 1. The fourth-order valence-electron chi connectivity index (χ4n) is 1.49. The predicted molar refractivity (Wildman–Crippen MR) is 69.5 cm³/mol. The second-order valence-corrected chi connectivity index (χ2v) is 4.90. The van der Waals surface area contributed by atoms with Gasteiger partial charge in [0.2, 0.25) is 0 Å². The van der Waals surface area contributed by atoms with E-state index >= 15 is 0 Å². The number of ether oxygens (including phenoxy) is 1. The number of nitrogens with zero attached hydrogens (tertiary/aromatic N) is 1. The van der Waals surface area contributed by atoms with Gasteiger partial charge in [-0.1, -0.05) is 18.2 Å². The first kappa shape index (κ1) is 12.6. The molecule has 2 aromatic rings. The molecule has 0 amide bonds. The van der Waals surface area contributed by atoms with Crippen molar-refractivity contribution in [2.75, 3.05) is 6.61 Å². The summed E-state index contributed by atoms with van der Waals surface area (Å²) in [5.41, 5.74) is 1.09. The Balaban J connectivity index is 1.88. The molecule has 0 aliphatic rings. The first-order valence-electron chi connectivity index (χ1n) is 5.53. The van der Waals surface area contributed by atoms with Crippen LogP contribution in [0.2, 0.25) is 0 Å². The Morgan fingerprint density at radius 3 is 2.89 bits per heavy atom. The molecule has 0 bridgehead atoms. The van der Waals surface area contributed by atoms with Gasteiger partial charge in [0, 0.05) is 6.42 Å². The molecule has 18 heavy (non-hydrogen) atoms. The summed E-state index contributed by atoms with van der Waals surface area (Å²) < 4.78 is 5.63. The van der Waals surface area contributed by atoms with Crippen molar-refractivity contribution in [1.82, 2.24) is 4.98 Å². The summed E-state index contributed by atoms with van der Waals surface area (Å²) in [6.07, 6.45) is 2.00. The van der Waals surface area contributed by atoms with E-state index in [1.165, 1.54) is 17.5 Å². The first-order chi connectivity index (χ1) is 8.66. The molecule has 4 nitrogen and oxygen atoms in total. The molecule has 0 saturated carbocycles. The number of para-hydroxylation sites is 1. The third-order valence-corrected chi connectivity index (χ3v) is 3.48. The van der Waals surface area contributed by atoms with Crippen molar-refractivity contribution in [2.45, 2.75) is 13.3 Å². The summed E-state index contributed by atoms with van der Waals surface area (Å²) in [7, 11) is 0. The Bertz CT molecular complexity index is 551. The van der Waals surface area contributed by atoms with E-state index in [0.29, 0.717) is 13.0 Å². The lowest BCUT2D eigenvalue weighted by Gasteiger charge is -2.07. The van der Waals surface area contributed by atoms with Crippen LogP contribution in [0.25, 0.3) is 0 Å². The van der Waals surface area contributed by atoms with Gasteiger partial charge in [0.25, 0.3) is 0 Å². The van der Waals surface area contributed by atoms with E-state index in [1.54, 1.807) is 0 Å². The van der Waals surface area contributed by atoms with Gasteiger partial charge < -0.3 is 9.84 Å². The molecule has 0 unspecified atom stereocenters. The van der Waals surface area contributed by atoms with Crippen molar-refractivity contribution >= 4 is 17.3 Å². The van der Waals surface area contributed by atoms with Crippen molar-refractivity contribution in [1.29, 1.82) is 0 Å². The normalized spacial score (nSPS) is 10.3. The lowest BCUT2D eigenvalue weighted by molar-refractivity contribution is 0.0702. The minimum absolute atomic E-state index is 0.265. The van der Waals surface area contributed by atoms with Crippen LogP contribution in [0.4, 0.5) is 0 Å².